The highest BCUT2D eigenvalue weighted by Crippen LogP contribution is 2.40. The van der Waals surface area contributed by atoms with Crippen LogP contribution in [0, 0.1) is 6.92 Å². The largest absolute Gasteiger partial charge is 0.492 e. The first-order valence-electron chi connectivity index (χ1n) is 9.15. The van der Waals surface area contributed by atoms with Gasteiger partial charge < -0.3 is 15.8 Å². The number of rotatable bonds is 6. The number of nitrogens with two attached hydrogens (primary N) is 1. The maximum absolute atomic E-state index is 13.0. The quantitative estimate of drug-likeness (QED) is 0.661. The molecule has 0 spiro atoms. The highest BCUT2D eigenvalue weighted by atomic mass is 35.5. The Hall–Kier alpha value is -2.64. The fourth-order valence-corrected chi connectivity index (χ4v) is 3.24. The Morgan fingerprint density at radius 3 is 2.68 bits per heavy atom. The van der Waals surface area contributed by atoms with Crippen molar-refractivity contribution in [3.05, 3.63) is 47.3 Å². The highest BCUT2D eigenvalue weighted by molar-refractivity contribution is 6.12. The van der Waals surface area contributed by atoms with Gasteiger partial charge in [-0.15, -0.1) is 12.4 Å². The van der Waals surface area contributed by atoms with Gasteiger partial charge in [-0.3, -0.25) is 9.48 Å². The number of aryl methyl sites for hydroxylation is 2. The molecule has 2 heterocycles. The number of anilines is 1. The SMILES string of the molecule is Cc1nn(C)c2nc(C3CC3)cc(C(=O)Nc3ccc(OCCN)cc3)c12.Cl. The highest BCUT2D eigenvalue weighted by Gasteiger charge is 2.28. The van der Waals surface area contributed by atoms with Crippen LogP contribution in [0.4, 0.5) is 5.69 Å². The summed E-state index contributed by atoms with van der Waals surface area (Å²) in [6, 6.07) is 9.19. The van der Waals surface area contributed by atoms with Crippen LogP contribution in [0.25, 0.3) is 11.0 Å². The first-order valence-corrected chi connectivity index (χ1v) is 9.15. The lowest BCUT2D eigenvalue weighted by molar-refractivity contribution is 0.102. The third kappa shape index (κ3) is 3.95. The average molecular weight is 402 g/mol. The number of amides is 1. The molecule has 0 atom stereocenters. The summed E-state index contributed by atoms with van der Waals surface area (Å²) in [5.74, 6) is 1.02. The predicted molar refractivity (Wildman–Crippen MR) is 111 cm³/mol. The summed E-state index contributed by atoms with van der Waals surface area (Å²) in [7, 11) is 1.86. The van der Waals surface area contributed by atoms with Gasteiger partial charge in [0.05, 0.1) is 16.6 Å². The number of aromatic nitrogens is 3. The van der Waals surface area contributed by atoms with Crippen molar-refractivity contribution in [2.45, 2.75) is 25.7 Å². The van der Waals surface area contributed by atoms with Crippen molar-refractivity contribution in [1.82, 2.24) is 14.8 Å². The van der Waals surface area contributed by atoms with Crippen LogP contribution in [-0.2, 0) is 7.05 Å². The molecule has 2 aromatic heterocycles. The van der Waals surface area contributed by atoms with Crippen LogP contribution in [0.15, 0.2) is 30.3 Å². The summed E-state index contributed by atoms with van der Waals surface area (Å²) in [6.45, 7) is 2.83. The van der Waals surface area contributed by atoms with Gasteiger partial charge in [-0.2, -0.15) is 5.10 Å². The van der Waals surface area contributed by atoms with Gasteiger partial charge in [-0.1, -0.05) is 0 Å². The number of ether oxygens (including phenoxy) is 1. The molecule has 28 heavy (non-hydrogen) atoms. The van der Waals surface area contributed by atoms with E-state index in [1.54, 1.807) is 4.68 Å². The zero-order valence-corrected chi connectivity index (χ0v) is 16.8. The van der Waals surface area contributed by atoms with Gasteiger partial charge in [0.1, 0.15) is 12.4 Å². The third-order valence-corrected chi connectivity index (χ3v) is 4.73. The van der Waals surface area contributed by atoms with Crippen LogP contribution in [0.1, 0.15) is 40.5 Å². The molecule has 1 aliphatic carbocycles. The first kappa shape index (κ1) is 20.1. The van der Waals surface area contributed by atoms with Gasteiger partial charge in [0.2, 0.25) is 0 Å². The number of hydrogen-bond donors (Lipinski definition) is 2. The Bertz CT molecular complexity index is 996. The standard InChI is InChI=1S/C20H23N5O2.ClH/c1-12-18-16(11-17(13-3-4-13)23-19(18)25(2)24-12)20(26)22-14-5-7-15(8-6-14)27-10-9-21;/h5-8,11,13H,3-4,9-10,21H2,1-2H3,(H,22,26);1H. The first-order chi connectivity index (χ1) is 13.1. The van der Waals surface area contributed by atoms with Crippen LogP contribution in [-0.4, -0.2) is 33.8 Å². The zero-order valence-electron chi connectivity index (χ0n) is 15.9. The number of hydrogen-bond acceptors (Lipinski definition) is 5. The molecule has 0 bridgehead atoms. The number of pyridine rings is 1. The van der Waals surface area contributed by atoms with E-state index in [1.165, 1.54) is 0 Å². The lowest BCUT2D eigenvalue weighted by Gasteiger charge is -2.10. The Labute approximate surface area is 169 Å². The Kier molecular flexibility index (Phi) is 5.86. The van der Waals surface area contributed by atoms with E-state index in [9.17, 15) is 4.79 Å². The number of halogens is 1. The van der Waals surface area contributed by atoms with E-state index in [2.05, 4.69) is 10.4 Å². The summed E-state index contributed by atoms with van der Waals surface area (Å²) in [5, 5.41) is 8.23. The van der Waals surface area contributed by atoms with Crippen molar-refractivity contribution in [2.24, 2.45) is 12.8 Å². The van der Waals surface area contributed by atoms with Crippen molar-refractivity contribution in [2.75, 3.05) is 18.5 Å². The lowest BCUT2D eigenvalue weighted by atomic mass is 10.1. The molecular formula is C20H24ClN5O2. The molecule has 1 amide bonds. The zero-order chi connectivity index (χ0) is 19.0. The molecule has 0 aliphatic heterocycles. The number of nitrogens with zero attached hydrogens (tertiary/aromatic N) is 3. The second-order valence-corrected chi connectivity index (χ2v) is 6.89. The normalized spacial score (nSPS) is 13.2. The molecule has 0 unspecified atom stereocenters. The van der Waals surface area contributed by atoms with Gasteiger partial charge in [0.15, 0.2) is 5.65 Å². The second-order valence-electron chi connectivity index (χ2n) is 6.89. The molecule has 3 N–H and O–H groups in total. The molecule has 1 fully saturated rings. The van der Waals surface area contributed by atoms with Crippen LogP contribution in [0.2, 0.25) is 0 Å². The number of carbonyl (C=O) groups excluding carboxylic acids is 1. The van der Waals surface area contributed by atoms with Gasteiger partial charge in [-0.25, -0.2) is 4.98 Å². The topological polar surface area (TPSA) is 95.1 Å². The van der Waals surface area contributed by atoms with Crippen molar-refractivity contribution >= 4 is 35.0 Å². The fourth-order valence-electron chi connectivity index (χ4n) is 3.24. The molecule has 8 heteroatoms. The molecular weight excluding hydrogens is 378 g/mol. The summed E-state index contributed by atoms with van der Waals surface area (Å²) in [4.78, 5) is 17.8. The van der Waals surface area contributed by atoms with Crippen LogP contribution >= 0.6 is 12.4 Å². The minimum Gasteiger partial charge on any atom is -0.492 e. The van der Waals surface area contributed by atoms with Crippen LogP contribution < -0.4 is 15.8 Å². The lowest BCUT2D eigenvalue weighted by Crippen LogP contribution is -2.14. The van der Waals surface area contributed by atoms with Crippen LogP contribution in [0.5, 0.6) is 5.75 Å². The smallest absolute Gasteiger partial charge is 0.256 e. The number of carbonyl (C=O) groups is 1. The fraction of sp³-hybridized carbons (Fsp3) is 0.350. The maximum Gasteiger partial charge on any atom is 0.256 e. The van der Waals surface area contributed by atoms with Crippen molar-refractivity contribution in [3.8, 4) is 5.75 Å². The van der Waals surface area contributed by atoms with E-state index in [-0.39, 0.29) is 18.3 Å². The van der Waals surface area contributed by atoms with Crippen molar-refractivity contribution in [1.29, 1.82) is 0 Å². The molecule has 1 aliphatic rings. The Morgan fingerprint density at radius 1 is 1.32 bits per heavy atom. The van der Waals surface area contributed by atoms with E-state index in [4.69, 9.17) is 15.5 Å². The van der Waals surface area contributed by atoms with E-state index < -0.39 is 0 Å². The van der Waals surface area contributed by atoms with E-state index in [0.717, 1.165) is 41.0 Å². The second kappa shape index (κ2) is 8.16. The predicted octanol–water partition coefficient (Wildman–Crippen LogP) is 3.17. The molecule has 3 aromatic rings. The van der Waals surface area contributed by atoms with E-state index in [0.29, 0.717) is 30.3 Å². The maximum atomic E-state index is 13.0. The summed E-state index contributed by atoms with van der Waals surface area (Å²) >= 11 is 0. The van der Waals surface area contributed by atoms with Gasteiger partial charge in [0.25, 0.3) is 5.91 Å². The van der Waals surface area contributed by atoms with Crippen molar-refractivity contribution < 1.29 is 9.53 Å². The van der Waals surface area contributed by atoms with Crippen LogP contribution in [0.3, 0.4) is 0 Å². The van der Waals surface area contributed by atoms with Gasteiger partial charge in [-0.05, 0) is 50.1 Å². The number of fused-ring (bicyclic) bond motifs is 1. The average Bonchev–Trinajstić information content (AvgIpc) is 3.47. The Balaban J connectivity index is 0.00000225. The number of nitrogens with one attached hydrogen (secondary N) is 1. The molecule has 1 saturated carbocycles. The summed E-state index contributed by atoms with van der Waals surface area (Å²) in [5.41, 5.74) is 9.30. The minimum atomic E-state index is -0.156. The molecule has 0 saturated heterocycles. The summed E-state index contributed by atoms with van der Waals surface area (Å²) in [6.07, 6.45) is 2.25. The summed E-state index contributed by atoms with van der Waals surface area (Å²) < 4.78 is 7.21. The van der Waals surface area contributed by atoms with Gasteiger partial charge >= 0.3 is 0 Å². The molecule has 148 valence electrons. The third-order valence-electron chi connectivity index (χ3n) is 4.73. The Morgan fingerprint density at radius 2 is 2.04 bits per heavy atom. The molecule has 4 rings (SSSR count). The molecule has 1 aromatic carbocycles. The molecule has 7 nitrogen and oxygen atoms in total. The molecule has 0 radical (unpaired) electrons. The van der Waals surface area contributed by atoms with Crippen molar-refractivity contribution in [3.63, 3.8) is 0 Å². The minimum absolute atomic E-state index is 0. The van der Waals surface area contributed by atoms with E-state index >= 15 is 0 Å². The number of benzene rings is 1. The monoisotopic (exact) mass is 401 g/mol. The van der Waals surface area contributed by atoms with E-state index in [1.807, 2.05) is 44.3 Å². The van der Waals surface area contributed by atoms with Gasteiger partial charge in [0, 0.05) is 30.9 Å².